The van der Waals surface area contributed by atoms with Gasteiger partial charge in [-0.15, -0.1) is 0 Å². The fourth-order valence-electron chi connectivity index (χ4n) is 2.52. The van der Waals surface area contributed by atoms with Crippen LogP contribution in [-0.4, -0.2) is 53.0 Å². The van der Waals surface area contributed by atoms with Gasteiger partial charge in [0.2, 0.25) is 5.91 Å². The summed E-state index contributed by atoms with van der Waals surface area (Å²) >= 11 is 0. The van der Waals surface area contributed by atoms with Crippen LogP contribution >= 0.6 is 0 Å². The number of hydrogen-bond donors (Lipinski definition) is 1. The maximum atomic E-state index is 12.4. The van der Waals surface area contributed by atoms with E-state index in [0.29, 0.717) is 31.9 Å². The minimum atomic E-state index is -0.844. The normalized spacial score (nSPS) is 15.7. The predicted molar refractivity (Wildman–Crippen MR) is 85.0 cm³/mol. The highest BCUT2D eigenvalue weighted by molar-refractivity contribution is 5.87. The summed E-state index contributed by atoms with van der Waals surface area (Å²) in [5.41, 5.74) is -0.720. The zero-order chi connectivity index (χ0) is 17.9. The second-order valence-electron chi connectivity index (χ2n) is 5.50. The summed E-state index contributed by atoms with van der Waals surface area (Å²) in [7, 11) is 0. The molecule has 1 aromatic rings. The molecule has 1 heterocycles. The van der Waals surface area contributed by atoms with Gasteiger partial charge in [0, 0.05) is 25.2 Å². The van der Waals surface area contributed by atoms with E-state index in [1.807, 2.05) is 0 Å². The molecule has 0 aliphatic carbocycles. The van der Waals surface area contributed by atoms with Gasteiger partial charge in [-0.1, -0.05) is 0 Å². The first-order chi connectivity index (χ1) is 11.3. The van der Waals surface area contributed by atoms with Crippen LogP contribution in [0, 0.1) is 27.2 Å². The van der Waals surface area contributed by atoms with Gasteiger partial charge in [0.1, 0.15) is 6.04 Å². The molecule has 24 heavy (non-hydrogen) atoms. The van der Waals surface area contributed by atoms with Gasteiger partial charge in [-0.25, -0.2) is 0 Å². The van der Waals surface area contributed by atoms with E-state index >= 15 is 0 Å². The summed E-state index contributed by atoms with van der Waals surface area (Å²) in [5, 5.41) is 25.1. The van der Waals surface area contributed by atoms with Gasteiger partial charge in [0.25, 0.3) is 11.4 Å². The van der Waals surface area contributed by atoms with E-state index < -0.39 is 27.3 Å². The van der Waals surface area contributed by atoms with Crippen LogP contribution < -0.4 is 5.32 Å². The smallest absolute Gasteiger partial charge is 0.299 e. The van der Waals surface area contributed by atoms with Gasteiger partial charge >= 0.3 is 0 Å². The van der Waals surface area contributed by atoms with Crippen LogP contribution in [0.15, 0.2) is 12.1 Å². The molecule has 1 aliphatic rings. The van der Waals surface area contributed by atoms with Crippen LogP contribution in [0.25, 0.3) is 0 Å². The molecule has 1 fully saturated rings. The lowest BCUT2D eigenvalue weighted by molar-refractivity contribution is -0.392. The Morgan fingerprint density at radius 1 is 1.21 bits per heavy atom. The average Bonchev–Trinajstić information content (AvgIpc) is 2.55. The second-order valence-corrected chi connectivity index (χ2v) is 5.50. The molecule has 1 aromatic carbocycles. The molecule has 1 amide bonds. The third kappa shape index (κ3) is 3.77. The van der Waals surface area contributed by atoms with Crippen molar-refractivity contribution < 1.29 is 19.4 Å². The van der Waals surface area contributed by atoms with Crippen molar-refractivity contribution in [3.05, 3.63) is 37.9 Å². The minimum Gasteiger partial charge on any atom is -0.378 e. The fourth-order valence-corrected chi connectivity index (χ4v) is 2.52. The summed E-state index contributed by atoms with van der Waals surface area (Å²) < 4.78 is 5.17. The lowest BCUT2D eigenvalue weighted by Crippen LogP contribution is -2.47. The number of nitro groups is 2. The number of carbonyl (C=O) groups is 1. The molecule has 0 bridgehead atoms. The number of ether oxygens (including phenoxy) is 1. The van der Waals surface area contributed by atoms with E-state index in [2.05, 4.69) is 5.32 Å². The Morgan fingerprint density at radius 2 is 1.71 bits per heavy atom. The average molecular weight is 338 g/mol. The molecule has 1 aliphatic heterocycles. The third-order valence-corrected chi connectivity index (χ3v) is 3.69. The first-order valence-corrected chi connectivity index (χ1v) is 7.37. The highest BCUT2D eigenvalue weighted by Gasteiger charge is 2.30. The Hall–Kier alpha value is -2.75. The molecule has 1 saturated heterocycles. The molecule has 2 rings (SSSR count). The lowest BCUT2D eigenvalue weighted by atomic mass is 10.1. The van der Waals surface area contributed by atoms with Gasteiger partial charge in [0.05, 0.1) is 23.1 Å². The molecule has 0 aromatic heterocycles. The van der Waals surface area contributed by atoms with Crippen molar-refractivity contribution in [2.75, 3.05) is 31.6 Å². The van der Waals surface area contributed by atoms with Gasteiger partial charge in [-0.05, 0) is 19.4 Å². The summed E-state index contributed by atoms with van der Waals surface area (Å²) in [5.74, 6) is -0.289. The summed E-state index contributed by atoms with van der Waals surface area (Å²) in [6.07, 6.45) is 0. The van der Waals surface area contributed by atoms with E-state index in [0.717, 1.165) is 0 Å². The van der Waals surface area contributed by atoms with Gasteiger partial charge in [0.15, 0.2) is 5.69 Å². The number of nitrogens with one attached hydrogen (secondary N) is 1. The van der Waals surface area contributed by atoms with Gasteiger partial charge < -0.3 is 15.0 Å². The summed E-state index contributed by atoms with van der Waals surface area (Å²) in [6.45, 7) is 4.73. The van der Waals surface area contributed by atoms with E-state index in [1.54, 1.807) is 4.90 Å². The van der Waals surface area contributed by atoms with Crippen LogP contribution in [0.3, 0.4) is 0 Å². The highest BCUT2D eigenvalue weighted by atomic mass is 16.6. The number of benzene rings is 1. The van der Waals surface area contributed by atoms with Crippen molar-refractivity contribution in [2.45, 2.75) is 19.9 Å². The molecule has 130 valence electrons. The van der Waals surface area contributed by atoms with Crippen LogP contribution in [-0.2, 0) is 9.53 Å². The quantitative estimate of drug-likeness (QED) is 0.636. The van der Waals surface area contributed by atoms with Crippen LogP contribution in [0.4, 0.5) is 17.1 Å². The molecule has 1 atom stereocenters. The number of hydrogen-bond acceptors (Lipinski definition) is 7. The Kier molecular flexibility index (Phi) is 5.29. The molecule has 0 radical (unpaired) electrons. The van der Waals surface area contributed by atoms with Gasteiger partial charge in [-0.3, -0.25) is 25.0 Å². The molecule has 1 N–H and O–H groups in total. The number of carbonyl (C=O) groups excluding carboxylic acids is 1. The number of rotatable bonds is 5. The molecule has 10 heteroatoms. The standard InChI is InChI=1S/C14H18N4O6/c1-9-7-11(17(20)21)13(12(8-9)18(22)23)15-10(2)14(19)16-3-5-24-6-4-16/h7-8,10,15H,3-6H2,1-2H3. The summed E-state index contributed by atoms with van der Waals surface area (Å²) in [4.78, 5) is 35.0. The van der Waals surface area contributed by atoms with Crippen molar-refractivity contribution in [3.63, 3.8) is 0 Å². The van der Waals surface area contributed by atoms with Crippen molar-refractivity contribution in [2.24, 2.45) is 0 Å². The Morgan fingerprint density at radius 3 is 2.17 bits per heavy atom. The SMILES string of the molecule is Cc1cc([N+](=O)[O-])c(NC(C)C(=O)N2CCOCC2)c([N+](=O)[O-])c1. The second kappa shape index (κ2) is 7.21. The van der Waals surface area contributed by atoms with Crippen molar-refractivity contribution in [1.29, 1.82) is 0 Å². The van der Waals surface area contributed by atoms with E-state index in [4.69, 9.17) is 4.74 Å². The molecule has 1 unspecified atom stereocenters. The third-order valence-electron chi connectivity index (χ3n) is 3.69. The molecule has 0 spiro atoms. The predicted octanol–water partition coefficient (Wildman–Crippen LogP) is 1.47. The Bertz CT molecular complexity index is 636. The van der Waals surface area contributed by atoms with Gasteiger partial charge in [-0.2, -0.15) is 0 Å². The maximum Gasteiger partial charge on any atom is 0.299 e. The van der Waals surface area contributed by atoms with Crippen molar-refractivity contribution in [3.8, 4) is 0 Å². The number of aryl methyl sites for hydroxylation is 1. The summed E-state index contributed by atoms with van der Waals surface area (Å²) in [6, 6.07) is 1.63. The minimum absolute atomic E-state index is 0.260. The lowest BCUT2D eigenvalue weighted by Gasteiger charge is -2.29. The highest BCUT2D eigenvalue weighted by Crippen LogP contribution is 2.36. The monoisotopic (exact) mass is 338 g/mol. The van der Waals surface area contributed by atoms with E-state index in [9.17, 15) is 25.0 Å². The first-order valence-electron chi connectivity index (χ1n) is 7.37. The van der Waals surface area contributed by atoms with Crippen molar-refractivity contribution in [1.82, 2.24) is 4.90 Å². The zero-order valence-electron chi connectivity index (χ0n) is 13.4. The molecular formula is C14H18N4O6. The molecular weight excluding hydrogens is 320 g/mol. The number of anilines is 1. The number of morpholine rings is 1. The topological polar surface area (TPSA) is 128 Å². The number of nitro benzene ring substituents is 2. The maximum absolute atomic E-state index is 12.4. The molecule has 10 nitrogen and oxygen atoms in total. The van der Waals surface area contributed by atoms with Crippen LogP contribution in [0.5, 0.6) is 0 Å². The Labute approximate surface area is 137 Å². The van der Waals surface area contributed by atoms with Crippen LogP contribution in [0.2, 0.25) is 0 Å². The zero-order valence-corrected chi connectivity index (χ0v) is 13.4. The largest absolute Gasteiger partial charge is 0.378 e. The Balaban J connectivity index is 2.31. The van der Waals surface area contributed by atoms with E-state index in [-0.39, 0.29) is 11.6 Å². The number of nitrogens with zero attached hydrogens (tertiary/aromatic N) is 3. The number of amides is 1. The van der Waals surface area contributed by atoms with Crippen LogP contribution in [0.1, 0.15) is 12.5 Å². The van der Waals surface area contributed by atoms with E-state index in [1.165, 1.54) is 26.0 Å². The molecule has 0 saturated carbocycles. The van der Waals surface area contributed by atoms with Crippen molar-refractivity contribution >= 4 is 23.0 Å². The first kappa shape index (κ1) is 17.6. The fraction of sp³-hybridized carbons (Fsp3) is 0.500.